The number of nitrogens with two attached hydrogens (primary N) is 1. The number of benzene rings is 1. The van der Waals surface area contributed by atoms with Gasteiger partial charge in [-0.1, -0.05) is 17.7 Å². The molecule has 72 valence electrons. The third-order valence-electron chi connectivity index (χ3n) is 2.31. The topological polar surface area (TPSA) is 26.0 Å². The van der Waals surface area contributed by atoms with Gasteiger partial charge in [0.05, 0.1) is 0 Å². The summed E-state index contributed by atoms with van der Waals surface area (Å²) in [5.74, 6) is 0.699. The molecule has 1 atom stereocenters. The average molecular weight is 195 g/mol. The molecule has 0 fully saturated rings. The van der Waals surface area contributed by atoms with Crippen LogP contribution >= 0.6 is 12.6 Å². The maximum absolute atomic E-state index is 5.97. The molecule has 1 unspecified atom stereocenters. The lowest BCUT2D eigenvalue weighted by molar-refractivity contribution is 0.815. The maximum atomic E-state index is 5.97. The summed E-state index contributed by atoms with van der Waals surface area (Å²) in [7, 11) is 0. The van der Waals surface area contributed by atoms with Crippen LogP contribution in [0.5, 0.6) is 0 Å². The highest BCUT2D eigenvalue weighted by Gasteiger charge is 2.10. The fourth-order valence-electron chi connectivity index (χ4n) is 1.87. The summed E-state index contributed by atoms with van der Waals surface area (Å²) in [4.78, 5) is 0. The number of hydrogen-bond acceptors (Lipinski definition) is 2. The lowest BCUT2D eigenvalue weighted by atomic mass is 9.95. The van der Waals surface area contributed by atoms with Gasteiger partial charge < -0.3 is 5.73 Å². The highest BCUT2D eigenvalue weighted by Crippen LogP contribution is 2.22. The predicted molar refractivity (Wildman–Crippen MR) is 61.4 cm³/mol. The first kappa shape index (κ1) is 10.6. The fraction of sp³-hybridized carbons (Fsp3) is 0.455. The Kier molecular flexibility index (Phi) is 3.40. The van der Waals surface area contributed by atoms with Crippen LogP contribution in [0.15, 0.2) is 12.1 Å². The summed E-state index contributed by atoms with van der Waals surface area (Å²) in [6, 6.07) is 4.40. The highest BCUT2D eigenvalue weighted by atomic mass is 32.1. The van der Waals surface area contributed by atoms with Crippen LogP contribution < -0.4 is 5.73 Å². The second-order valence-corrected chi connectivity index (χ2v) is 3.97. The molecule has 0 aromatic heterocycles. The number of hydrogen-bond donors (Lipinski definition) is 2. The van der Waals surface area contributed by atoms with Gasteiger partial charge in [0.2, 0.25) is 0 Å². The van der Waals surface area contributed by atoms with E-state index in [0.29, 0.717) is 5.75 Å². The maximum Gasteiger partial charge on any atom is 0.0389 e. The first-order chi connectivity index (χ1) is 6.06. The van der Waals surface area contributed by atoms with E-state index in [1.54, 1.807) is 0 Å². The molecule has 13 heavy (non-hydrogen) atoms. The lowest BCUT2D eigenvalue weighted by Gasteiger charge is -2.16. The molecular formula is C11H17NS. The highest BCUT2D eigenvalue weighted by molar-refractivity contribution is 7.80. The zero-order valence-corrected chi connectivity index (χ0v) is 9.36. The number of rotatable bonds is 2. The zero-order valence-electron chi connectivity index (χ0n) is 8.46. The molecule has 2 heteroatoms. The van der Waals surface area contributed by atoms with E-state index in [0.717, 1.165) is 0 Å². The molecule has 0 saturated heterocycles. The Bertz CT molecular complexity index is 284. The van der Waals surface area contributed by atoms with Gasteiger partial charge in [-0.25, -0.2) is 0 Å². The van der Waals surface area contributed by atoms with Crippen molar-refractivity contribution < 1.29 is 0 Å². The first-order valence-electron chi connectivity index (χ1n) is 4.50. The van der Waals surface area contributed by atoms with E-state index in [1.807, 2.05) is 0 Å². The van der Waals surface area contributed by atoms with E-state index in [-0.39, 0.29) is 6.04 Å². The number of thiol groups is 1. The Hall–Kier alpha value is -0.470. The average Bonchev–Trinajstić information content (AvgIpc) is 2.02. The smallest absolute Gasteiger partial charge is 0.0389 e. The van der Waals surface area contributed by atoms with Gasteiger partial charge in [-0.05, 0) is 37.5 Å². The zero-order chi connectivity index (χ0) is 10.0. The normalized spacial score (nSPS) is 13.0. The van der Waals surface area contributed by atoms with Gasteiger partial charge in [-0.3, -0.25) is 0 Å². The van der Waals surface area contributed by atoms with E-state index in [1.165, 1.54) is 22.3 Å². The van der Waals surface area contributed by atoms with Crippen molar-refractivity contribution in [3.05, 3.63) is 34.4 Å². The van der Waals surface area contributed by atoms with Gasteiger partial charge in [-0.15, -0.1) is 0 Å². The second-order valence-electron chi connectivity index (χ2n) is 3.60. The quantitative estimate of drug-likeness (QED) is 0.697. The lowest BCUT2D eigenvalue weighted by Crippen LogP contribution is -2.14. The molecule has 0 aliphatic heterocycles. The number of aryl methyl sites for hydroxylation is 3. The third-order valence-corrected chi connectivity index (χ3v) is 2.70. The summed E-state index contributed by atoms with van der Waals surface area (Å²) in [6.45, 7) is 6.33. The molecule has 1 aromatic rings. The van der Waals surface area contributed by atoms with Crippen molar-refractivity contribution in [2.45, 2.75) is 26.8 Å². The molecule has 0 radical (unpaired) electrons. The Morgan fingerprint density at radius 3 is 2.08 bits per heavy atom. The van der Waals surface area contributed by atoms with E-state index in [4.69, 9.17) is 5.73 Å². The van der Waals surface area contributed by atoms with Gasteiger partial charge in [0, 0.05) is 11.8 Å². The van der Waals surface area contributed by atoms with Gasteiger partial charge >= 0.3 is 0 Å². The van der Waals surface area contributed by atoms with Crippen molar-refractivity contribution >= 4 is 12.6 Å². The fourth-order valence-corrected chi connectivity index (χ4v) is 2.05. The predicted octanol–water partition coefficient (Wildman–Crippen LogP) is 2.54. The van der Waals surface area contributed by atoms with Gasteiger partial charge in [0.1, 0.15) is 0 Å². The minimum Gasteiger partial charge on any atom is -0.323 e. The second kappa shape index (κ2) is 4.16. The van der Waals surface area contributed by atoms with Crippen LogP contribution in [0.25, 0.3) is 0 Å². The third kappa shape index (κ3) is 2.26. The van der Waals surface area contributed by atoms with Crippen LogP contribution in [0, 0.1) is 20.8 Å². The van der Waals surface area contributed by atoms with Crippen LogP contribution in [0.1, 0.15) is 28.3 Å². The van der Waals surface area contributed by atoms with Crippen LogP contribution in [0.4, 0.5) is 0 Å². The standard InChI is InChI=1S/C11H17NS/c1-7-4-8(2)11(9(3)5-7)10(12)6-13/h4-5,10,13H,6,12H2,1-3H3. The molecular weight excluding hydrogens is 178 g/mol. The first-order valence-corrected chi connectivity index (χ1v) is 5.13. The van der Waals surface area contributed by atoms with Crippen LogP contribution in [0.3, 0.4) is 0 Å². The van der Waals surface area contributed by atoms with Crippen LogP contribution in [-0.4, -0.2) is 5.75 Å². The van der Waals surface area contributed by atoms with Crippen molar-refractivity contribution in [1.29, 1.82) is 0 Å². The molecule has 1 rings (SSSR count). The molecule has 0 aliphatic carbocycles. The minimum atomic E-state index is 0.0592. The minimum absolute atomic E-state index is 0.0592. The van der Waals surface area contributed by atoms with Crippen molar-refractivity contribution in [3.8, 4) is 0 Å². The van der Waals surface area contributed by atoms with Crippen LogP contribution in [0.2, 0.25) is 0 Å². The molecule has 1 nitrogen and oxygen atoms in total. The molecule has 1 aromatic carbocycles. The van der Waals surface area contributed by atoms with E-state index in [9.17, 15) is 0 Å². The monoisotopic (exact) mass is 195 g/mol. The summed E-state index contributed by atoms with van der Waals surface area (Å²) in [6.07, 6.45) is 0. The van der Waals surface area contributed by atoms with Gasteiger partial charge in [-0.2, -0.15) is 12.6 Å². The van der Waals surface area contributed by atoms with Gasteiger partial charge in [0.25, 0.3) is 0 Å². The SMILES string of the molecule is Cc1cc(C)c(C(N)CS)c(C)c1. The van der Waals surface area contributed by atoms with Crippen molar-refractivity contribution in [2.24, 2.45) is 5.73 Å². The summed E-state index contributed by atoms with van der Waals surface area (Å²) >= 11 is 4.22. The Morgan fingerprint density at radius 1 is 1.23 bits per heavy atom. The van der Waals surface area contributed by atoms with E-state index in [2.05, 4.69) is 45.5 Å². The molecule has 0 aliphatic rings. The molecule has 0 bridgehead atoms. The van der Waals surface area contributed by atoms with Crippen molar-refractivity contribution in [1.82, 2.24) is 0 Å². The summed E-state index contributed by atoms with van der Waals surface area (Å²) in [5.41, 5.74) is 11.1. The Morgan fingerprint density at radius 2 is 1.69 bits per heavy atom. The molecule has 0 heterocycles. The van der Waals surface area contributed by atoms with E-state index < -0.39 is 0 Å². The van der Waals surface area contributed by atoms with Crippen molar-refractivity contribution in [3.63, 3.8) is 0 Å². The summed E-state index contributed by atoms with van der Waals surface area (Å²) in [5, 5.41) is 0. The molecule has 2 N–H and O–H groups in total. The van der Waals surface area contributed by atoms with E-state index >= 15 is 0 Å². The molecule has 0 amide bonds. The summed E-state index contributed by atoms with van der Waals surface area (Å²) < 4.78 is 0. The van der Waals surface area contributed by atoms with Gasteiger partial charge in [0.15, 0.2) is 0 Å². The molecule has 0 spiro atoms. The van der Waals surface area contributed by atoms with Crippen molar-refractivity contribution in [2.75, 3.05) is 5.75 Å². The largest absolute Gasteiger partial charge is 0.323 e. The Balaban J connectivity index is 3.20. The van der Waals surface area contributed by atoms with Crippen LogP contribution in [-0.2, 0) is 0 Å². The Labute approximate surface area is 85.8 Å². The molecule has 0 saturated carbocycles.